The van der Waals surface area contributed by atoms with Crippen molar-refractivity contribution in [3.05, 3.63) is 11.6 Å². The number of carbonyl (C=O) groups is 1. The minimum atomic E-state index is 0.261. The highest BCUT2D eigenvalue weighted by molar-refractivity contribution is 5.94. The van der Waals surface area contributed by atoms with E-state index in [4.69, 9.17) is 0 Å². The molecule has 0 rings (SSSR count). The fraction of sp³-hybridized carbons (Fsp3) is 0.625. The summed E-state index contributed by atoms with van der Waals surface area (Å²) in [5.41, 5.74) is 0.903. The Hall–Kier alpha value is -0.590. The first-order chi connectivity index (χ1) is 4.22. The van der Waals surface area contributed by atoms with Crippen LogP contribution in [0.15, 0.2) is 11.6 Å². The Kier molecular flexibility index (Phi) is 4.02. The van der Waals surface area contributed by atoms with Gasteiger partial charge in [0.2, 0.25) is 0 Å². The van der Waals surface area contributed by atoms with Crippen molar-refractivity contribution < 1.29 is 4.79 Å². The van der Waals surface area contributed by atoms with E-state index in [1.807, 2.05) is 26.8 Å². The summed E-state index contributed by atoms with van der Waals surface area (Å²) in [6.45, 7) is 5.79. The summed E-state index contributed by atoms with van der Waals surface area (Å²) < 4.78 is 0. The molecule has 0 radical (unpaired) electrons. The first-order valence-electron chi connectivity index (χ1n) is 3.42. The molecule has 9 heavy (non-hydrogen) atoms. The van der Waals surface area contributed by atoms with Gasteiger partial charge in [-0.25, -0.2) is 0 Å². The van der Waals surface area contributed by atoms with Gasteiger partial charge in [0.05, 0.1) is 0 Å². The van der Waals surface area contributed by atoms with Gasteiger partial charge >= 0.3 is 0 Å². The second-order valence-electron chi connectivity index (χ2n) is 2.07. The summed E-state index contributed by atoms with van der Waals surface area (Å²) in [7, 11) is 0. The van der Waals surface area contributed by atoms with E-state index in [0.717, 1.165) is 12.0 Å². The van der Waals surface area contributed by atoms with Crippen LogP contribution in [0.25, 0.3) is 0 Å². The number of Topliss-reactive ketones (excluding diaryl/α,β-unsaturated/α-hetero) is 1. The van der Waals surface area contributed by atoms with Crippen molar-refractivity contribution in [1.29, 1.82) is 0 Å². The van der Waals surface area contributed by atoms with Gasteiger partial charge in [0, 0.05) is 6.42 Å². The van der Waals surface area contributed by atoms with Crippen LogP contribution in [0.2, 0.25) is 0 Å². The van der Waals surface area contributed by atoms with Crippen LogP contribution in [-0.4, -0.2) is 5.78 Å². The second-order valence-corrected chi connectivity index (χ2v) is 2.07. The molecule has 52 valence electrons. The second kappa shape index (κ2) is 4.30. The van der Waals surface area contributed by atoms with Crippen molar-refractivity contribution in [1.82, 2.24) is 0 Å². The average molecular weight is 126 g/mol. The number of hydrogen-bond acceptors (Lipinski definition) is 1. The predicted molar refractivity (Wildman–Crippen MR) is 39.3 cm³/mol. The van der Waals surface area contributed by atoms with Gasteiger partial charge in [-0.3, -0.25) is 4.79 Å². The standard InChI is InChI=1S/C8H14O/c1-4-6-7(3)8(9)5-2/h6H,4-5H2,1-3H3/b7-6-. The molecular formula is C8H14O. The number of allylic oxidation sites excluding steroid dienone is 2. The Bertz CT molecular complexity index is 123. The predicted octanol–water partition coefficient (Wildman–Crippen LogP) is 2.32. The number of hydrogen-bond donors (Lipinski definition) is 0. The zero-order valence-electron chi connectivity index (χ0n) is 6.40. The maximum atomic E-state index is 10.8. The Labute approximate surface area is 56.8 Å². The van der Waals surface area contributed by atoms with Crippen molar-refractivity contribution in [2.75, 3.05) is 0 Å². The molecule has 0 N–H and O–H groups in total. The van der Waals surface area contributed by atoms with Crippen LogP contribution in [0.1, 0.15) is 33.6 Å². The van der Waals surface area contributed by atoms with Crippen LogP contribution in [0.3, 0.4) is 0 Å². The van der Waals surface area contributed by atoms with E-state index in [1.54, 1.807) is 0 Å². The zero-order chi connectivity index (χ0) is 7.28. The van der Waals surface area contributed by atoms with E-state index in [1.165, 1.54) is 0 Å². The van der Waals surface area contributed by atoms with Crippen molar-refractivity contribution in [2.45, 2.75) is 33.6 Å². The van der Waals surface area contributed by atoms with Gasteiger partial charge in [0.15, 0.2) is 5.78 Å². The molecule has 0 aliphatic rings. The molecule has 0 aromatic carbocycles. The Balaban J connectivity index is 3.86. The van der Waals surface area contributed by atoms with Crippen LogP contribution >= 0.6 is 0 Å². The van der Waals surface area contributed by atoms with Crippen molar-refractivity contribution >= 4 is 5.78 Å². The quantitative estimate of drug-likeness (QED) is 0.530. The lowest BCUT2D eigenvalue weighted by molar-refractivity contribution is -0.115. The molecule has 0 aromatic rings. The van der Waals surface area contributed by atoms with Gasteiger partial charge in [-0.2, -0.15) is 0 Å². The SMILES string of the molecule is CC/C=C(/C)C(=O)CC. The highest BCUT2D eigenvalue weighted by Gasteiger charge is 1.97. The highest BCUT2D eigenvalue weighted by Crippen LogP contribution is 1.98. The molecule has 0 saturated heterocycles. The van der Waals surface area contributed by atoms with Gasteiger partial charge in [-0.05, 0) is 18.9 Å². The van der Waals surface area contributed by atoms with Crippen LogP contribution in [0, 0.1) is 0 Å². The molecule has 1 nitrogen and oxygen atoms in total. The molecule has 0 aliphatic heterocycles. The Morgan fingerprint density at radius 1 is 1.44 bits per heavy atom. The van der Waals surface area contributed by atoms with Gasteiger partial charge in [0.1, 0.15) is 0 Å². The Morgan fingerprint density at radius 3 is 2.33 bits per heavy atom. The minimum absolute atomic E-state index is 0.261. The lowest BCUT2D eigenvalue weighted by Crippen LogP contribution is -1.95. The molecule has 0 atom stereocenters. The summed E-state index contributed by atoms with van der Waals surface area (Å²) >= 11 is 0. The van der Waals surface area contributed by atoms with E-state index in [2.05, 4.69) is 0 Å². The molecule has 0 spiro atoms. The molecule has 0 fully saturated rings. The average Bonchev–Trinajstić information content (AvgIpc) is 1.87. The van der Waals surface area contributed by atoms with Crippen LogP contribution in [0.4, 0.5) is 0 Å². The third kappa shape index (κ3) is 3.07. The maximum absolute atomic E-state index is 10.8. The fourth-order valence-electron chi connectivity index (χ4n) is 0.699. The van der Waals surface area contributed by atoms with Crippen LogP contribution in [0.5, 0.6) is 0 Å². The molecule has 0 aliphatic carbocycles. The third-order valence-electron chi connectivity index (χ3n) is 1.27. The highest BCUT2D eigenvalue weighted by atomic mass is 16.1. The Morgan fingerprint density at radius 2 is 2.00 bits per heavy atom. The molecule has 0 unspecified atom stereocenters. The fourth-order valence-corrected chi connectivity index (χ4v) is 0.699. The van der Waals surface area contributed by atoms with E-state index < -0.39 is 0 Å². The molecule has 0 bridgehead atoms. The van der Waals surface area contributed by atoms with Crippen molar-refractivity contribution in [2.24, 2.45) is 0 Å². The van der Waals surface area contributed by atoms with Gasteiger partial charge < -0.3 is 0 Å². The number of rotatable bonds is 3. The lowest BCUT2D eigenvalue weighted by Gasteiger charge is -1.93. The van der Waals surface area contributed by atoms with Gasteiger partial charge in [0.25, 0.3) is 0 Å². The van der Waals surface area contributed by atoms with Gasteiger partial charge in [-0.15, -0.1) is 0 Å². The number of carbonyl (C=O) groups excluding carboxylic acids is 1. The molecular weight excluding hydrogens is 112 g/mol. The van der Waals surface area contributed by atoms with Gasteiger partial charge in [-0.1, -0.05) is 19.9 Å². The smallest absolute Gasteiger partial charge is 0.157 e. The third-order valence-corrected chi connectivity index (χ3v) is 1.27. The van der Waals surface area contributed by atoms with E-state index in [0.29, 0.717) is 6.42 Å². The minimum Gasteiger partial charge on any atom is -0.295 e. The van der Waals surface area contributed by atoms with E-state index in [-0.39, 0.29) is 5.78 Å². The van der Waals surface area contributed by atoms with E-state index >= 15 is 0 Å². The van der Waals surface area contributed by atoms with Crippen molar-refractivity contribution in [3.8, 4) is 0 Å². The molecule has 1 heteroatoms. The summed E-state index contributed by atoms with van der Waals surface area (Å²) in [4.78, 5) is 10.8. The van der Waals surface area contributed by atoms with Crippen LogP contribution in [-0.2, 0) is 4.79 Å². The topological polar surface area (TPSA) is 17.1 Å². The van der Waals surface area contributed by atoms with E-state index in [9.17, 15) is 4.79 Å². The number of ketones is 1. The molecule has 0 aromatic heterocycles. The summed E-state index contributed by atoms with van der Waals surface area (Å²) in [5, 5.41) is 0. The van der Waals surface area contributed by atoms with Crippen molar-refractivity contribution in [3.63, 3.8) is 0 Å². The maximum Gasteiger partial charge on any atom is 0.157 e. The molecule has 0 heterocycles. The van der Waals surface area contributed by atoms with Crippen LogP contribution < -0.4 is 0 Å². The zero-order valence-corrected chi connectivity index (χ0v) is 6.40. The first-order valence-corrected chi connectivity index (χ1v) is 3.42. The normalized spacial score (nSPS) is 11.7. The largest absolute Gasteiger partial charge is 0.295 e. The molecule has 0 saturated carbocycles. The summed E-state index contributed by atoms with van der Waals surface area (Å²) in [6, 6.07) is 0. The lowest BCUT2D eigenvalue weighted by atomic mass is 10.1. The molecule has 0 amide bonds. The first kappa shape index (κ1) is 8.41. The summed E-state index contributed by atoms with van der Waals surface area (Å²) in [6.07, 6.45) is 3.55. The monoisotopic (exact) mass is 126 g/mol. The summed E-state index contributed by atoms with van der Waals surface area (Å²) in [5.74, 6) is 0.261.